The predicted molar refractivity (Wildman–Crippen MR) is 72.1 cm³/mol. The van der Waals surface area contributed by atoms with Gasteiger partial charge in [0.25, 0.3) is 0 Å². The SMILES string of the molecule is O=C(O)c1ccc(Cl)c(NCc2ccc(F)cc2)c1. The quantitative estimate of drug-likeness (QED) is 0.895. The van der Waals surface area contributed by atoms with Crippen LogP contribution in [0.25, 0.3) is 0 Å². The molecule has 2 rings (SSSR count). The summed E-state index contributed by atoms with van der Waals surface area (Å²) in [5.41, 5.74) is 1.56. The molecule has 0 fully saturated rings. The first kappa shape index (κ1) is 13.4. The summed E-state index contributed by atoms with van der Waals surface area (Å²) in [5.74, 6) is -1.31. The average molecular weight is 280 g/mol. The zero-order valence-corrected chi connectivity index (χ0v) is 10.6. The number of anilines is 1. The van der Waals surface area contributed by atoms with Crippen LogP contribution >= 0.6 is 11.6 Å². The van der Waals surface area contributed by atoms with Gasteiger partial charge in [0.15, 0.2) is 0 Å². The maximum atomic E-state index is 12.7. The van der Waals surface area contributed by atoms with Crippen molar-refractivity contribution in [3.63, 3.8) is 0 Å². The van der Waals surface area contributed by atoms with Gasteiger partial charge in [-0.05, 0) is 35.9 Å². The van der Waals surface area contributed by atoms with Crippen LogP contribution in [0.1, 0.15) is 15.9 Å². The average Bonchev–Trinajstić information content (AvgIpc) is 2.39. The van der Waals surface area contributed by atoms with Gasteiger partial charge in [0.05, 0.1) is 16.3 Å². The summed E-state index contributed by atoms with van der Waals surface area (Å²) in [7, 11) is 0. The van der Waals surface area contributed by atoms with Gasteiger partial charge in [-0.3, -0.25) is 0 Å². The van der Waals surface area contributed by atoms with Gasteiger partial charge in [-0.2, -0.15) is 0 Å². The van der Waals surface area contributed by atoms with Crippen molar-refractivity contribution in [1.82, 2.24) is 0 Å². The Hall–Kier alpha value is -2.07. The number of nitrogens with one attached hydrogen (secondary N) is 1. The molecule has 2 N–H and O–H groups in total. The van der Waals surface area contributed by atoms with Crippen LogP contribution in [0.4, 0.5) is 10.1 Å². The number of hydrogen-bond acceptors (Lipinski definition) is 2. The first-order chi connectivity index (χ1) is 9.06. The van der Waals surface area contributed by atoms with Crippen molar-refractivity contribution >= 4 is 23.3 Å². The van der Waals surface area contributed by atoms with Gasteiger partial charge in [0.2, 0.25) is 0 Å². The van der Waals surface area contributed by atoms with Crippen LogP contribution in [0.3, 0.4) is 0 Å². The van der Waals surface area contributed by atoms with Crippen LogP contribution in [-0.2, 0) is 6.54 Å². The van der Waals surface area contributed by atoms with Gasteiger partial charge in [0.1, 0.15) is 5.82 Å². The van der Waals surface area contributed by atoms with Crippen molar-refractivity contribution < 1.29 is 14.3 Å². The predicted octanol–water partition coefficient (Wildman–Crippen LogP) is 3.79. The summed E-state index contributed by atoms with van der Waals surface area (Å²) in [5, 5.41) is 12.4. The normalized spacial score (nSPS) is 10.2. The van der Waals surface area contributed by atoms with Gasteiger partial charge in [-0.25, -0.2) is 9.18 Å². The summed E-state index contributed by atoms with van der Waals surface area (Å²) in [4.78, 5) is 10.9. The molecule has 0 saturated heterocycles. The van der Waals surface area contributed by atoms with E-state index in [9.17, 15) is 9.18 Å². The van der Waals surface area contributed by atoms with Gasteiger partial charge < -0.3 is 10.4 Å². The van der Waals surface area contributed by atoms with E-state index in [-0.39, 0.29) is 11.4 Å². The third kappa shape index (κ3) is 3.45. The van der Waals surface area contributed by atoms with Gasteiger partial charge in [-0.15, -0.1) is 0 Å². The lowest BCUT2D eigenvalue weighted by Gasteiger charge is -2.09. The summed E-state index contributed by atoms with van der Waals surface area (Å²) in [6.45, 7) is 0.434. The summed E-state index contributed by atoms with van der Waals surface area (Å²) in [6.07, 6.45) is 0. The van der Waals surface area contributed by atoms with E-state index in [1.54, 1.807) is 12.1 Å². The van der Waals surface area contributed by atoms with Crippen molar-refractivity contribution in [1.29, 1.82) is 0 Å². The third-order valence-electron chi connectivity index (χ3n) is 2.61. The molecular formula is C14H11ClFNO2. The highest BCUT2D eigenvalue weighted by molar-refractivity contribution is 6.33. The maximum Gasteiger partial charge on any atom is 0.335 e. The fraction of sp³-hybridized carbons (Fsp3) is 0.0714. The summed E-state index contributed by atoms with van der Waals surface area (Å²) >= 11 is 5.98. The van der Waals surface area contributed by atoms with Crippen molar-refractivity contribution in [2.45, 2.75) is 6.54 Å². The number of carbonyl (C=O) groups is 1. The van der Waals surface area contributed by atoms with Gasteiger partial charge >= 0.3 is 5.97 Å². The molecule has 0 aliphatic carbocycles. The Morgan fingerprint density at radius 3 is 2.53 bits per heavy atom. The van der Waals surface area contributed by atoms with Crippen molar-refractivity contribution in [3.8, 4) is 0 Å². The number of carboxylic acid groups (broad SMARTS) is 1. The van der Waals surface area contributed by atoms with Crippen LogP contribution in [0, 0.1) is 5.82 Å². The lowest BCUT2D eigenvalue weighted by Crippen LogP contribution is -2.02. The number of rotatable bonds is 4. The standard InChI is InChI=1S/C14H11ClFNO2/c15-12-6-3-10(14(18)19)7-13(12)17-8-9-1-4-11(16)5-2-9/h1-7,17H,8H2,(H,18,19). The molecule has 2 aromatic carbocycles. The largest absolute Gasteiger partial charge is 0.478 e. The Morgan fingerprint density at radius 2 is 1.89 bits per heavy atom. The van der Waals surface area contributed by atoms with Crippen molar-refractivity contribution in [2.75, 3.05) is 5.32 Å². The molecule has 0 unspecified atom stereocenters. The minimum atomic E-state index is -1.01. The molecule has 0 aromatic heterocycles. The van der Waals surface area contributed by atoms with Gasteiger partial charge in [-0.1, -0.05) is 23.7 Å². The molecule has 0 radical (unpaired) electrons. The molecule has 98 valence electrons. The van der Waals surface area contributed by atoms with E-state index in [1.165, 1.54) is 30.3 Å². The zero-order chi connectivity index (χ0) is 13.8. The highest BCUT2D eigenvalue weighted by Gasteiger charge is 2.07. The molecule has 3 nitrogen and oxygen atoms in total. The number of hydrogen-bond donors (Lipinski definition) is 2. The van der Waals surface area contributed by atoms with Crippen LogP contribution in [0.5, 0.6) is 0 Å². The second-order valence-electron chi connectivity index (χ2n) is 3.98. The van der Waals surface area contributed by atoms with E-state index in [4.69, 9.17) is 16.7 Å². The Morgan fingerprint density at radius 1 is 1.21 bits per heavy atom. The van der Waals surface area contributed by atoms with Crippen LogP contribution in [-0.4, -0.2) is 11.1 Å². The highest BCUT2D eigenvalue weighted by Crippen LogP contribution is 2.23. The molecule has 0 spiro atoms. The lowest BCUT2D eigenvalue weighted by atomic mass is 10.2. The Balaban J connectivity index is 2.12. The van der Waals surface area contributed by atoms with Crippen molar-refractivity contribution in [3.05, 3.63) is 64.4 Å². The monoisotopic (exact) mass is 279 g/mol. The number of halogens is 2. The fourth-order valence-electron chi connectivity index (χ4n) is 1.59. The van der Waals surface area contributed by atoms with E-state index in [1.807, 2.05) is 0 Å². The van der Waals surface area contributed by atoms with Crippen LogP contribution in [0.15, 0.2) is 42.5 Å². The molecule has 0 aliphatic rings. The minimum absolute atomic E-state index is 0.158. The van der Waals surface area contributed by atoms with Crippen molar-refractivity contribution in [2.24, 2.45) is 0 Å². The van der Waals surface area contributed by atoms with E-state index in [0.717, 1.165) is 5.56 Å². The highest BCUT2D eigenvalue weighted by atomic mass is 35.5. The molecule has 0 amide bonds. The topological polar surface area (TPSA) is 49.3 Å². The van der Waals surface area contributed by atoms with E-state index in [2.05, 4.69) is 5.32 Å². The van der Waals surface area contributed by atoms with E-state index < -0.39 is 5.97 Å². The Labute approximate surface area is 114 Å². The molecule has 2 aromatic rings. The molecule has 19 heavy (non-hydrogen) atoms. The van der Waals surface area contributed by atoms with Crippen LogP contribution < -0.4 is 5.32 Å². The van der Waals surface area contributed by atoms with Gasteiger partial charge in [0, 0.05) is 6.54 Å². The molecule has 0 atom stereocenters. The number of benzene rings is 2. The lowest BCUT2D eigenvalue weighted by molar-refractivity contribution is 0.0697. The molecule has 0 heterocycles. The number of carboxylic acids is 1. The Bertz CT molecular complexity index is 599. The van der Waals surface area contributed by atoms with E-state index >= 15 is 0 Å². The number of aromatic carboxylic acids is 1. The fourth-order valence-corrected chi connectivity index (χ4v) is 1.78. The maximum absolute atomic E-state index is 12.7. The second kappa shape index (κ2) is 5.71. The second-order valence-corrected chi connectivity index (χ2v) is 4.39. The Kier molecular flexibility index (Phi) is 4.02. The summed E-state index contributed by atoms with van der Waals surface area (Å²) < 4.78 is 12.7. The minimum Gasteiger partial charge on any atom is -0.478 e. The first-order valence-electron chi connectivity index (χ1n) is 5.57. The molecule has 0 aliphatic heterocycles. The van der Waals surface area contributed by atoms with E-state index in [0.29, 0.717) is 17.3 Å². The molecule has 5 heteroatoms. The first-order valence-corrected chi connectivity index (χ1v) is 5.95. The molecule has 0 bridgehead atoms. The zero-order valence-electron chi connectivity index (χ0n) is 9.86. The third-order valence-corrected chi connectivity index (χ3v) is 2.94. The molecule has 0 saturated carbocycles. The van der Waals surface area contributed by atoms with Crippen LogP contribution in [0.2, 0.25) is 5.02 Å². The summed E-state index contributed by atoms with van der Waals surface area (Å²) in [6, 6.07) is 10.5. The smallest absolute Gasteiger partial charge is 0.335 e. The molecular weight excluding hydrogens is 269 g/mol.